The standard InChI is InChI=1S/C22H25N3O2S/c1-6-22(19-12-14-23-15-13-19)25(4)18(3)11-10-17(2)20-8-7-9-21(16-20)24-28(5,26)27/h6-16,24H,2-3H2,1,4-5H3/b11-10-,22-6-. The molecule has 28 heavy (non-hydrogen) atoms. The number of anilines is 1. The molecule has 5 nitrogen and oxygen atoms in total. The van der Waals surface area contributed by atoms with Crippen molar-refractivity contribution >= 4 is 27.0 Å². The molecule has 0 unspecified atom stereocenters. The number of aromatic nitrogens is 1. The first kappa shape index (κ1) is 21.2. The largest absolute Gasteiger partial charge is 0.345 e. The summed E-state index contributed by atoms with van der Waals surface area (Å²) in [5.41, 5.74) is 4.92. The van der Waals surface area contributed by atoms with Crippen LogP contribution in [0.1, 0.15) is 18.1 Å². The molecule has 0 atom stereocenters. The average Bonchev–Trinajstić information content (AvgIpc) is 2.66. The fraction of sp³-hybridized carbons (Fsp3) is 0.136. The zero-order valence-electron chi connectivity index (χ0n) is 16.4. The summed E-state index contributed by atoms with van der Waals surface area (Å²) in [7, 11) is -1.38. The van der Waals surface area contributed by atoms with Gasteiger partial charge in [0.25, 0.3) is 0 Å². The Morgan fingerprint density at radius 1 is 1.11 bits per heavy atom. The Labute approximate surface area is 167 Å². The van der Waals surface area contributed by atoms with E-state index >= 15 is 0 Å². The maximum Gasteiger partial charge on any atom is 0.229 e. The number of nitrogens with one attached hydrogen (secondary N) is 1. The Morgan fingerprint density at radius 3 is 2.39 bits per heavy atom. The molecule has 0 radical (unpaired) electrons. The van der Waals surface area contributed by atoms with Crippen LogP contribution in [0.3, 0.4) is 0 Å². The van der Waals surface area contributed by atoms with Crippen LogP contribution < -0.4 is 4.72 Å². The second-order valence-electron chi connectivity index (χ2n) is 6.27. The third-order valence-corrected chi connectivity index (χ3v) is 4.66. The Kier molecular flexibility index (Phi) is 6.95. The highest BCUT2D eigenvalue weighted by atomic mass is 32.2. The number of likely N-dealkylation sites (N-methyl/N-ethyl adjacent to an activating group) is 1. The first-order chi connectivity index (χ1) is 13.2. The van der Waals surface area contributed by atoms with E-state index in [0.717, 1.165) is 34.3 Å². The number of benzene rings is 1. The smallest absolute Gasteiger partial charge is 0.229 e. The molecule has 2 rings (SSSR count). The van der Waals surface area contributed by atoms with Crippen LogP contribution in [0.2, 0.25) is 0 Å². The van der Waals surface area contributed by atoms with E-state index in [-0.39, 0.29) is 0 Å². The summed E-state index contributed by atoms with van der Waals surface area (Å²) < 4.78 is 25.3. The van der Waals surface area contributed by atoms with Gasteiger partial charge in [0.15, 0.2) is 0 Å². The normalized spacial score (nSPS) is 12.0. The predicted octanol–water partition coefficient (Wildman–Crippen LogP) is 4.53. The van der Waals surface area contributed by atoms with Gasteiger partial charge in [-0.1, -0.05) is 37.4 Å². The highest BCUT2D eigenvalue weighted by Gasteiger charge is 2.08. The number of sulfonamides is 1. The molecule has 0 spiro atoms. The van der Waals surface area contributed by atoms with Gasteiger partial charge in [-0.2, -0.15) is 0 Å². The van der Waals surface area contributed by atoms with Crippen molar-refractivity contribution in [2.24, 2.45) is 0 Å². The molecule has 2 aromatic rings. The van der Waals surface area contributed by atoms with E-state index in [0.29, 0.717) is 5.69 Å². The lowest BCUT2D eigenvalue weighted by molar-refractivity contribution is 0.607. The Morgan fingerprint density at radius 2 is 1.79 bits per heavy atom. The van der Waals surface area contributed by atoms with Crippen molar-refractivity contribution in [1.82, 2.24) is 9.88 Å². The molecule has 0 amide bonds. The van der Waals surface area contributed by atoms with E-state index in [1.165, 1.54) is 0 Å². The molecule has 1 heterocycles. The average molecular weight is 396 g/mol. The van der Waals surface area contributed by atoms with Crippen LogP contribution in [0.5, 0.6) is 0 Å². The molecule has 0 bridgehead atoms. The van der Waals surface area contributed by atoms with Gasteiger partial charge in [-0.05, 0) is 48.4 Å². The zero-order chi connectivity index (χ0) is 20.7. The quantitative estimate of drug-likeness (QED) is 0.667. The number of pyridine rings is 1. The summed E-state index contributed by atoms with van der Waals surface area (Å²) >= 11 is 0. The number of hydrogen-bond donors (Lipinski definition) is 1. The second-order valence-corrected chi connectivity index (χ2v) is 8.02. The van der Waals surface area contributed by atoms with Crippen molar-refractivity contribution in [1.29, 1.82) is 0 Å². The van der Waals surface area contributed by atoms with E-state index in [4.69, 9.17) is 0 Å². The van der Waals surface area contributed by atoms with Crippen LogP contribution >= 0.6 is 0 Å². The summed E-state index contributed by atoms with van der Waals surface area (Å²) in [6.45, 7) is 10.2. The van der Waals surface area contributed by atoms with Crippen LogP contribution in [-0.4, -0.2) is 31.6 Å². The summed E-state index contributed by atoms with van der Waals surface area (Å²) in [4.78, 5) is 6.04. The van der Waals surface area contributed by atoms with Crippen LogP contribution in [-0.2, 0) is 10.0 Å². The van der Waals surface area contributed by atoms with Gasteiger partial charge in [-0.15, -0.1) is 0 Å². The Bertz CT molecular complexity index is 1020. The topological polar surface area (TPSA) is 62.3 Å². The molecular weight excluding hydrogens is 370 g/mol. The molecule has 1 aromatic heterocycles. The van der Waals surface area contributed by atoms with Crippen LogP contribution in [0.25, 0.3) is 11.3 Å². The third kappa shape index (κ3) is 5.96. The molecular formula is C22H25N3O2S. The number of rotatable bonds is 8. The predicted molar refractivity (Wildman–Crippen MR) is 118 cm³/mol. The zero-order valence-corrected chi connectivity index (χ0v) is 17.2. The number of allylic oxidation sites excluding steroid dienone is 4. The van der Waals surface area contributed by atoms with Gasteiger partial charge in [0.1, 0.15) is 0 Å². The Hall–Kier alpha value is -3.12. The van der Waals surface area contributed by atoms with Crippen LogP contribution in [0.4, 0.5) is 5.69 Å². The van der Waals surface area contributed by atoms with Gasteiger partial charge in [0, 0.05) is 42.1 Å². The minimum Gasteiger partial charge on any atom is -0.345 e. The summed E-state index contributed by atoms with van der Waals surface area (Å²) in [5.74, 6) is 0. The molecule has 0 aliphatic heterocycles. The van der Waals surface area contributed by atoms with E-state index in [9.17, 15) is 8.42 Å². The highest BCUT2D eigenvalue weighted by molar-refractivity contribution is 7.92. The van der Waals surface area contributed by atoms with Gasteiger partial charge in [-0.25, -0.2) is 8.42 Å². The SMILES string of the molecule is C=C(/C=C\C(=C)N(C)/C(=C\C)c1ccncc1)c1cccc(NS(C)(=O)=O)c1. The molecule has 0 saturated carbocycles. The van der Waals surface area contributed by atoms with Crippen molar-refractivity contribution in [3.8, 4) is 0 Å². The first-order valence-electron chi connectivity index (χ1n) is 8.66. The molecule has 146 valence electrons. The maximum absolute atomic E-state index is 11.4. The van der Waals surface area contributed by atoms with Crippen molar-refractivity contribution in [3.63, 3.8) is 0 Å². The van der Waals surface area contributed by atoms with Crippen LogP contribution in [0.15, 0.2) is 85.9 Å². The van der Waals surface area contributed by atoms with Crippen molar-refractivity contribution in [3.05, 3.63) is 97.0 Å². The first-order valence-corrected chi connectivity index (χ1v) is 10.5. The number of nitrogens with zero attached hydrogens (tertiary/aromatic N) is 2. The van der Waals surface area contributed by atoms with E-state index in [2.05, 4.69) is 22.9 Å². The highest BCUT2D eigenvalue weighted by Crippen LogP contribution is 2.23. The van der Waals surface area contributed by atoms with Gasteiger partial charge in [0.2, 0.25) is 10.0 Å². The summed E-state index contributed by atoms with van der Waals surface area (Å²) in [6.07, 6.45) is 10.4. The lowest BCUT2D eigenvalue weighted by Gasteiger charge is -2.23. The molecule has 6 heteroatoms. The molecule has 1 aromatic carbocycles. The monoisotopic (exact) mass is 395 g/mol. The minimum absolute atomic E-state index is 0.499. The Balaban J connectivity index is 2.13. The molecule has 0 aliphatic carbocycles. The summed E-state index contributed by atoms with van der Waals surface area (Å²) in [6, 6.07) is 11.0. The molecule has 0 aliphatic rings. The molecule has 1 N–H and O–H groups in total. The second kappa shape index (κ2) is 9.19. The lowest BCUT2D eigenvalue weighted by Crippen LogP contribution is -2.14. The fourth-order valence-corrected chi connectivity index (χ4v) is 3.19. The van der Waals surface area contributed by atoms with Crippen molar-refractivity contribution in [2.45, 2.75) is 6.92 Å². The van der Waals surface area contributed by atoms with Crippen LogP contribution in [0, 0.1) is 0 Å². The van der Waals surface area contributed by atoms with E-state index in [1.54, 1.807) is 30.6 Å². The van der Waals surface area contributed by atoms with E-state index < -0.39 is 10.0 Å². The fourth-order valence-electron chi connectivity index (χ4n) is 2.63. The van der Waals surface area contributed by atoms with Crippen molar-refractivity contribution < 1.29 is 8.42 Å². The van der Waals surface area contributed by atoms with Gasteiger partial charge in [0.05, 0.1) is 6.26 Å². The molecule has 0 fully saturated rings. The lowest BCUT2D eigenvalue weighted by atomic mass is 10.1. The van der Waals surface area contributed by atoms with Gasteiger partial charge < -0.3 is 4.90 Å². The van der Waals surface area contributed by atoms with E-state index in [1.807, 2.05) is 55.3 Å². The number of hydrogen-bond acceptors (Lipinski definition) is 4. The third-order valence-electron chi connectivity index (χ3n) is 4.06. The van der Waals surface area contributed by atoms with Gasteiger partial charge >= 0.3 is 0 Å². The molecule has 0 saturated heterocycles. The van der Waals surface area contributed by atoms with Gasteiger partial charge in [-0.3, -0.25) is 9.71 Å². The summed E-state index contributed by atoms with van der Waals surface area (Å²) in [5, 5.41) is 0. The maximum atomic E-state index is 11.4. The minimum atomic E-state index is -3.32. The van der Waals surface area contributed by atoms with Crippen molar-refractivity contribution in [2.75, 3.05) is 18.0 Å².